The number of carbonyl (C=O) groups is 1. The molecule has 1 atom stereocenters. The van der Waals surface area contributed by atoms with E-state index in [0.29, 0.717) is 12.5 Å². The number of anilines is 1. The highest BCUT2D eigenvalue weighted by molar-refractivity contribution is 5.76. The zero-order valence-electron chi connectivity index (χ0n) is 14.3. The van der Waals surface area contributed by atoms with Crippen molar-refractivity contribution in [2.45, 2.75) is 45.6 Å². The molecule has 0 amide bonds. The third-order valence-electron chi connectivity index (χ3n) is 4.55. The Balaban J connectivity index is 1.78. The molecule has 0 spiro atoms. The number of nitrogens with zero attached hydrogens (tertiary/aromatic N) is 1. The second kappa shape index (κ2) is 6.65. The molecular weight excluding hydrogens is 288 g/mol. The first-order valence-corrected chi connectivity index (χ1v) is 8.53. The Labute approximate surface area is 138 Å². The summed E-state index contributed by atoms with van der Waals surface area (Å²) >= 11 is 0. The Morgan fingerprint density at radius 2 is 2.17 bits per heavy atom. The third-order valence-corrected chi connectivity index (χ3v) is 4.55. The predicted octanol–water partition coefficient (Wildman–Crippen LogP) is 3.23. The number of allylic oxidation sites excluding steroid dienone is 1. The Morgan fingerprint density at radius 3 is 2.96 bits per heavy atom. The van der Waals surface area contributed by atoms with Crippen LogP contribution >= 0.6 is 0 Å². The van der Waals surface area contributed by atoms with E-state index < -0.39 is 0 Å². The van der Waals surface area contributed by atoms with Crippen molar-refractivity contribution >= 4 is 11.7 Å². The summed E-state index contributed by atoms with van der Waals surface area (Å²) < 4.78 is 5.44. The molecule has 4 heteroatoms. The quantitative estimate of drug-likeness (QED) is 0.870. The van der Waals surface area contributed by atoms with Gasteiger partial charge < -0.3 is 15.0 Å². The molecule has 0 radical (unpaired) electrons. The lowest BCUT2D eigenvalue weighted by atomic mass is 9.95. The molecule has 2 aliphatic rings. The predicted molar refractivity (Wildman–Crippen MR) is 92.1 cm³/mol. The van der Waals surface area contributed by atoms with Gasteiger partial charge in [0.05, 0.1) is 6.61 Å². The van der Waals surface area contributed by atoms with Crippen LogP contribution in [0, 0.1) is 5.92 Å². The van der Waals surface area contributed by atoms with Gasteiger partial charge in [-0.2, -0.15) is 0 Å². The van der Waals surface area contributed by atoms with Gasteiger partial charge in [0, 0.05) is 12.7 Å². The number of fused-ring (bicyclic) bond motifs is 1. The van der Waals surface area contributed by atoms with Gasteiger partial charge in [-0.1, -0.05) is 32.0 Å². The average molecular weight is 314 g/mol. The van der Waals surface area contributed by atoms with E-state index in [4.69, 9.17) is 4.74 Å². The summed E-state index contributed by atoms with van der Waals surface area (Å²) in [4.78, 5) is 14.5. The summed E-state index contributed by atoms with van der Waals surface area (Å²) in [6.45, 7) is 4.60. The van der Waals surface area contributed by atoms with Crippen molar-refractivity contribution in [2.75, 3.05) is 18.6 Å². The smallest absolute Gasteiger partial charge is 0.328 e. The molecule has 4 nitrogen and oxygen atoms in total. The van der Waals surface area contributed by atoms with E-state index in [2.05, 4.69) is 55.4 Å². The van der Waals surface area contributed by atoms with Crippen LogP contribution in [0.3, 0.4) is 0 Å². The van der Waals surface area contributed by atoms with E-state index in [-0.39, 0.29) is 12.0 Å². The van der Waals surface area contributed by atoms with Gasteiger partial charge in [0.25, 0.3) is 0 Å². The highest BCUT2D eigenvalue weighted by Gasteiger charge is 2.30. The number of ether oxygens (including phenoxy) is 1. The fourth-order valence-corrected chi connectivity index (χ4v) is 3.35. The van der Waals surface area contributed by atoms with Crippen molar-refractivity contribution in [3.8, 4) is 0 Å². The summed E-state index contributed by atoms with van der Waals surface area (Å²) in [6.07, 6.45) is 3.85. The van der Waals surface area contributed by atoms with Crippen LogP contribution < -0.4 is 10.2 Å². The number of hydrogen-bond acceptors (Lipinski definition) is 4. The van der Waals surface area contributed by atoms with Gasteiger partial charge in [-0.25, -0.2) is 4.79 Å². The lowest BCUT2D eigenvalue weighted by molar-refractivity contribution is -0.147. The summed E-state index contributed by atoms with van der Waals surface area (Å²) in [7, 11) is 2.07. The zero-order chi connectivity index (χ0) is 16.4. The molecule has 0 saturated carbocycles. The molecular formula is C19H26N2O2. The fraction of sp³-hybridized carbons (Fsp3) is 0.526. The Morgan fingerprint density at radius 1 is 1.39 bits per heavy atom. The van der Waals surface area contributed by atoms with Gasteiger partial charge >= 0.3 is 5.97 Å². The Bertz CT molecular complexity index is 622. The van der Waals surface area contributed by atoms with Crippen LogP contribution in [-0.4, -0.2) is 25.7 Å². The van der Waals surface area contributed by atoms with Crippen LogP contribution in [0.2, 0.25) is 0 Å². The molecule has 0 fully saturated rings. The van der Waals surface area contributed by atoms with E-state index in [1.165, 1.54) is 16.8 Å². The van der Waals surface area contributed by atoms with Gasteiger partial charge in [0.1, 0.15) is 11.9 Å². The fourth-order valence-electron chi connectivity index (χ4n) is 3.35. The maximum absolute atomic E-state index is 12.4. The summed E-state index contributed by atoms with van der Waals surface area (Å²) in [5, 5.41) is 3.46. The largest absolute Gasteiger partial charge is 0.464 e. The molecule has 3 rings (SSSR count). The highest BCUT2D eigenvalue weighted by Crippen LogP contribution is 2.34. The second-order valence-electron chi connectivity index (χ2n) is 6.93. The number of benzene rings is 1. The van der Waals surface area contributed by atoms with E-state index in [1.807, 2.05) is 0 Å². The molecule has 0 aromatic heterocycles. The number of esters is 1. The molecule has 1 unspecified atom stereocenters. The topological polar surface area (TPSA) is 41.6 Å². The van der Waals surface area contributed by atoms with Gasteiger partial charge in [0.15, 0.2) is 0 Å². The lowest BCUT2D eigenvalue weighted by Gasteiger charge is -2.33. The summed E-state index contributed by atoms with van der Waals surface area (Å²) in [6, 6.07) is 8.24. The van der Waals surface area contributed by atoms with Crippen LogP contribution in [0.5, 0.6) is 0 Å². The Hall–Kier alpha value is -1.97. The van der Waals surface area contributed by atoms with Crippen molar-refractivity contribution in [1.82, 2.24) is 5.32 Å². The molecule has 2 heterocycles. The van der Waals surface area contributed by atoms with Crippen molar-refractivity contribution in [2.24, 2.45) is 5.92 Å². The first kappa shape index (κ1) is 15.9. The number of rotatable bonds is 3. The minimum absolute atomic E-state index is 0.125. The number of hydrogen-bond donors (Lipinski definition) is 1. The maximum atomic E-state index is 12.4. The van der Waals surface area contributed by atoms with Crippen LogP contribution in [-0.2, 0) is 16.0 Å². The van der Waals surface area contributed by atoms with Crippen molar-refractivity contribution < 1.29 is 9.53 Å². The first-order valence-electron chi connectivity index (χ1n) is 8.53. The maximum Gasteiger partial charge on any atom is 0.328 e. The minimum Gasteiger partial charge on any atom is -0.464 e. The third kappa shape index (κ3) is 3.36. The van der Waals surface area contributed by atoms with Crippen molar-refractivity contribution in [3.05, 3.63) is 41.2 Å². The highest BCUT2D eigenvalue weighted by atomic mass is 16.5. The van der Waals surface area contributed by atoms with Gasteiger partial charge in [-0.15, -0.1) is 0 Å². The second-order valence-corrected chi connectivity index (χ2v) is 6.93. The van der Waals surface area contributed by atoms with Crippen LogP contribution in [0.15, 0.2) is 35.7 Å². The van der Waals surface area contributed by atoms with E-state index in [0.717, 1.165) is 31.5 Å². The number of carbonyl (C=O) groups excluding carboxylic acids is 1. The molecule has 1 aromatic carbocycles. The van der Waals surface area contributed by atoms with Crippen LogP contribution in [0.1, 0.15) is 38.7 Å². The summed E-state index contributed by atoms with van der Waals surface area (Å²) in [5.41, 5.74) is 3.97. The van der Waals surface area contributed by atoms with Gasteiger partial charge in [-0.3, -0.25) is 0 Å². The molecule has 0 saturated heterocycles. The Kier molecular flexibility index (Phi) is 4.60. The summed E-state index contributed by atoms with van der Waals surface area (Å²) in [5.74, 6) is 1.33. The van der Waals surface area contributed by atoms with E-state index in [1.54, 1.807) is 0 Å². The van der Waals surface area contributed by atoms with E-state index in [9.17, 15) is 4.79 Å². The number of nitrogens with one attached hydrogen (secondary N) is 1. The monoisotopic (exact) mass is 314 g/mol. The molecule has 2 aliphatic heterocycles. The van der Waals surface area contributed by atoms with Gasteiger partial charge in [0.2, 0.25) is 0 Å². The van der Waals surface area contributed by atoms with Gasteiger partial charge in [-0.05, 0) is 48.8 Å². The van der Waals surface area contributed by atoms with E-state index >= 15 is 0 Å². The molecule has 23 heavy (non-hydrogen) atoms. The lowest BCUT2D eigenvalue weighted by Crippen LogP contribution is -2.43. The molecule has 1 N–H and O–H groups in total. The number of para-hydroxylation sites is 1. The molecule has 0 bridgehead atoms. The first-order chi connectivity index (χ1) is 11.1. The van der Waals surface area contributed by atoms with Crippen molar-refractivity contribution in [3.63, 3.8) is 0 Å². The molecule has 1 aromatic rings. The molecule has 0 aliphatic carbocycles. The minimum atomic E-state index is -0.242. The normalized spacial score (nSPS) is 20.5. The molecule has 124 valence electrons. The SMILES string of the molecule is CC(C)COC(=O)C1CCCC2=C(N1)N(C)c1ccccc1C2. The van der Waals surface area contributed by atoms with Crippen molar-refractivity contribution in [1.29, 1.82) is 0 Å². The van der Waals surface area contributed by atoms with Crippen LogP contribution in [0.25, 0.3) is 0 Å². The average Bonchev–Trinajstić information content (AvgIpc) is 2.75. The zero-order valence-corrected chi connectivity index (χ0v) is 14.3. The standard InChI is InChI=1S/C19H26N2O2/c1-13(2)12-23-19(22)16-9-6-8-15-11-14-7-4-5-10-17(14)21(3)18(15)20-16/h4-5,7,10,13,16,20H,6,8-9,11-12H2,1-3H3. The van der Waals surface area contributed by atoms with Crippen LogP contribution in [0.4, 0.5) is 5.69 Å².